The smallest absolute Gasteiger partial charge is 0.250 e. The summed E-state index contributed by atoms with van der Waals surface area (Å²) in [5, 5.41) is 3.41. The van der Waals surface area contributed by atoms with Crippen molar-refractivity contribution < 1.29 is 9.53 Å². The number of nitrogens with one attached hydrogen (secondary N) is 1. The minimum absolute atomic E-state index is 0.170. The number of carbonyl (C=O) groups is 1. The number of ether oxygens (including phenoxy) is 1. The van der Waals surface area contributed by atoms with Gasteiger partial charge in [-0.3, -0.25) is 4.79 Å². The molecule has 0 spiro atoms. The molecule has 0 aliphatic heterocycles. The highest BCUT2D eigenvalue weighted by atomic mass is 35.5. The van der Waals surface area contributed by atoms with Gasteiger partial charge in [-0.2, -0.15) is 0 Å². The van der Waals surface area contributed by atoms with Crippen LogP contribution in [0, 0.1) is 0 Å². The number of hydrogen-bond donors (Lipinski definition) is 2. The molecular formula is C11H15ClN2O2. The molecule has 5 heteroatoms. The Balaban J connectivity index is 2.45. The molecule has 1 unspecified atom stereocenters. The second-order valence-electron chi connectivity index (χ2n) is 3.30. The Labute approximate surface area is 99.7 Å². The first-order chi connectivity index (χ1) is 7.67. The van der Waals surface area contributed by atoms with E-state index in [1.807, 2.05) is 12.1 Å². The van der Waals surface area contributed by atoms with E-state index in [1.165, 1.54) is 7.11 Å². The predicted octanol–water partition coefficient (Wildman–Crippen LogP) is 0.930. The quantitative estimate of drug-likeness (QED) is 0.808. The van der Waals surface area contributed by atoms with Gasteiger partial charge in [0.25, 0.3) is 5.91 Å². The average molecular weight is 243 g/mol. The Hall–Kier alpha value is -1.10. The van der Waals surface area contributed by atoms with Crippen LogP contribution in [0.3, 0.4) is 0 Å². The van der Waals surface area contributed by atoms with Crippen LogP contribution in [0.15, 0.2) is 24.3 Å². The molecule has 88 valence electrons. The van der Waals surface area contributed by atoms with E-state index in [1.54, 1.807) is 12.1 Å². The highest BCUT2D eigenvalue weighted by molar-refractivity contribution is 6.30. The normalized spacial score (nSPS) is 12.2. The van der Waals surface area contributed by atoms with E-state index in [4.69, 9.17) is 22.1 Å². The Bertz CT molecular complexity index is 336. The van der Waals surface area contributed by atoms with Crippen molar-refractivity contribution in [3.8, 4) is 0 Å². The van der Waals surface area contributed by atoms with Crippen LogP contribution < -0.4 is 11.1 Å². The molecule has 0 saturated heterocycles. The van der Waals surface area contributed by atoms with Crippen molar-refractivity contribution in [3.05, 3.63) is 34.9 Å². The maximum absolute atomic E-state index is 11.5. The van der Waals surface area contributed by atoms with Gasteiger partial charge in [0.2, 0.25) is 0 Å². The van der Waals surface area contributed by atoms with Crippen LogP contribution in [0.25, 0.3) is 0 Å². The highest BCUT2D eigenvalue weighted by Crippen LogP contribution is 2.09. The molecule has 1 aromatic rings. The van der Waals surface area contributed by atoms with Gasteiger partial charge in [-0.25, -0.2) is 0 Å². The van der Waals surface area contributed by atoms with Crippen LogP contribution in [-0.4, -0.2) is 25.7 Å². The third-order valence-electron chi connectivity index (χ3n) is 2.17. The summed E-state index contributed by atoms with van der Waals surface area (Å²) in [6.07, 6.45) is -0.590. The lowest BCUT2D eigenvalue weighted by atomic mass is 10.2. The van der Waals surface area contributed by atoms with Crippen molar-refractivity contribution in [3.63, 3.8) is 0 Å². The Kier molecular flexibility index (Phi) is 5.25. The largest absolute Gasteiger partial charge is 0.370 e. The first kappa shape index (κ1) is 13.0. The second kappa shape index (κ2) is 6.48. The fourth-order valence-corrected chi connectivity index (χ4v) is 1.34. The summed E-state index contributed by atoms with van der Waals surface area (Å²) in [6.45, 7) is 0.610. The van der Waals surface area contributed by atoms with Gasteiger partial charge in [-0.05, 0) is 17.7 Å². The van der Waals surface area contributed by atoms with Gasteiger partial charge in [-0.15, -0.1) is 0 Å². The molecule has 0 aliphatic rings. The fraction of sp³-hybridized carbons (Fsp3) is 0.364. The summed E-state index contributed by atoms with van der Waals surface area (Å²) in [4.78, 5) is 11.5. The van der Waals surface area contributed by atoms with Gasteiger partial charge in [0.1, 0.15) is 6.10 Å². The first-order valence-corrected chi connectivity index (χ1v) is 5.30. The van der Waals surface area contributed by atoms with Crippen molar-refractivity contribution in [2.24, 2.45) is 5.73 Å². The summed E-state index contributed by atoms with van der Waals surface area (Å²) in [5.41, 5.74) is 6.35. The van der Waals surface area contributed by atoms with E-state index < -0.39 is 6.10 Å². The van der Waals surface area contributed by atoms with Crippen LogP contribution in [0.4, 0.5) is 0 Å². The fourth-order valence-electron chi connectivity index (χ4n) is 1.22. The molecule has 1 atom stereocenters. The Morgan fingerprint density at radius 2 is 2.12 bits per heavy atom. The van der Waals surface area contributed by atoms with E-state index in [2.05, 4.69) is 5.32 Å². The van der Waals surface area contributed by atoms with Gasteiger partial charge < -0.3 is 15.8 Å². The van der Waals surface area contributed by atoms with Gasteiger partial charge in [0.05, 0.1) is 0 Å². The second-order valence-corrected chi connectivity index (χ2v) is 3.74. The van der Waals surface area contributed by atoms with Crippen molar-refractivity contribution in [1.82, 2.24) is 5.32 Å². The minimum atomic E-state index is -0.590. The van der Waals surface area contributed by atoms with Crippen LogP contribution >= 0.6 is 11.6 Å². The summed E-state index contributed by atoms with van der Waals surface area (Å²) < 4.78 is 4.91. The number of methoxy groups -OCH3 is 1. The van der Waals surface area contributed by atoms with Gasteiger partial charge >= 0.3 is 0 Å². The maximum Gasteiger partial charge on any atom is 0.250 e. The molecule has 3 N–H and O–H groups in total. The molecule has 0 aliphatic carbocycles. The third-order valence-corrected chi connectivity index (χ3v) is 2.42. The molecule has 0 radical (unpaired) electrons. The molecule has 0 bridgehead atoms. The number of halogens is 1. The monoisotopic (exact) mass is 242 g/mol. The lowest BCUT2D eigenvalue weighted by Crippen LogP contribution is -2.40. The molecule has 0 saturated carbocycles. The lowest BCUT2D eigenvalue weighted by molar-refractivity contribution is -0.130. The number of carbonyl (C=O) groups excluding carboxylic acids is 1. The molecule has 0 aromatic heterocycles. The highest BCUT2D eigenvalue weighted by Gasteiger charge is 2.14. The number of amides is 1. The van der Waals surface area contributed by atoms with Crippen molar-refractivity contribution in [2.45, 2.75) is 12.6 Å². The SMILES string of the molecule is COC(CN)C(=O)NCc1ccc(Cl)cc1. The topological polar surface area (TPSA) is 64.3 Å². The summed E-state index contributed by atoms with van der Waals surface area (Å²) in [6, 6.07) is 7.26. The van der Waals surface area contributed by atoms with Crippen LogP contribution in [0.2, 0.25) is 5.02 Å². The molecular weight excluding hydrogens is 228 g/mol. The molecule has 16 heavy (non-hydrogen) atoms. The van der Waals surface area contributed by atoms with Crippen molar-refractivity contribution in [2.75, 3.05) is 13.7 Å². The van der Waals surface area contributed by atoms with Crippen molar-refractivity contribution in [1.29, 1.82) is 0 Å². The predicted molar refractivity (Wildman–Crippen MR) is 63.2 cm³/mol. The molecule has 4 nitrogen and oxygen atoms in total. The van der Waals surface area contributed by atoms with Gasteiger partial charge in [0.15, 0.2) is 0 Å². The zero-order valence-electron chi connectivity index (χ0n) is 9.07. The number of nitrogens with two attached hydrogens (primary N) is 1. The lowest BCUT2D eigenvalue weighted by Gasteiger charge is -2.12. The molecule has 1 amide bonds. The molecule has 1 rings (SSSR count). The van der Waals surface area contributed by atoms with E-state index in [9.17, 15) is 4.79 Å². The van der Waals surface area contributed by atoms with E-state index in [0.29, 0.717) is 11.6 Å². The summed E-state index contributed by atoms with van der Waals surface area (Å²) in [7, 11) is 1.46. The number of rotatable bonds is 5. The third kappa shape index (κ3) is 3.81. The van der Waals surface area contributed by atoms with Crippen LogP contribution in [-0.2, 0) is 16.1 Å². The van der Waals surface area contributed by atoms with Gasteiger partial charge in [-0.1, -0.05) is 23.7 Å². The van der Waals surface area contributed by atoms with Crippen LogP contribution in [0.1, 0.15) is 5.56 Å². The number of hydrogen-bond acceptors (Lipinski definition) is 3. The van der Waals surface area contributed by atoms with Gasteiger partial charge in [0, 0.05) is 25.2 Å². The number of benzene rings is 1. The summed E-state index contributed by atoms with van der Waals surface area (Å²) >= 11 is 5.75. The summed E-state index contributed by atoms with van der Waals surface area (Å²) in [5.74, 6) is -0.208. The zero-order chi connectivity index (χ0) is 12.0. The molecule has 1 aromatic carbocycles. The Morgan fingerprint density at radius 3 is 2.62 bits per heavy atom. The zero-order valence-corrected chi connectivity index (χ0v) is 9.83. The van der Waals surface area contributed by atoms with Crippen molar-refractivity contribution >= 4 is 17.5 Å². The van der Waals surface area contributed by atoms with Crippen LogP contribution in [0.5, 0.6) is 0 Å². The average Bonchev–Trinajstić information content (AvgIpc) is 2.30. The molecule has 0 heterocycles. The van der Waals surface area contributed by atoms with E-state index >= 15 is 0 Å². The van der Waals surface area contributed by atoms with E-state index in [-0.39, 0.29) is 12.5 Å². The molecule has 0 fully saturated rings. The van der Waals surface area contributed by atoms with E-state index in [0.717, 1.165) is 5.56 Å². The first-order valence-electron chi connectivity index (χ1n) is 4.92. The maximum atomic E-state index is 11.5. The minimum Gasteiger partial charge on any atom is -0.370 e. The standard InChI is InChI=1S/C11H15ClN2O2/c1-16-10(6-13)11(15)14-7-8-2-4-9(12)5-3-8/h2-5,10H,6-7,13H2,1H3,(H,14,15). The Morgan fingerprint density at radius 1 is 1.50 bits per heavy atom.